The van der Waals surface area contributed by atoms with Crippen molar-refractivity contribution in [3.63, 3.8) is 0 Å². The van der Waals surface area contributed by atoms with Gasteiger partial charge in [0.1, 0.15) is 0 Å². The maximum atomic E-state index is 11.1. The highest BCUT2D eigenvalue weighted by molar-refractivity contribution is 5.78. The highest BCUT2D eigenvalue weighted by atomic mass is 16.5. The number of carbonyl (C=O) groups is 1. The van der Waals surface area contributed by atoms with Crippen molar-refractivity contribution in [2.45, 2.75) is 99.0 Å². The molecule has 5 nitrogen and oxygen atoms in total. The van der Waals surface area contributed by atoms with Crippen LogP contribution in [0.3, 0.4) is 0 Å². The molecule has 0 unspecified atom stereocenters. The molecule has 180 valence electrons. The van der Waals surface area contributed by atoms with Gasteiger partial charge in [0.15, 0.2) is 0 Å². The number of hydrogen-bond donors (Lipinski definition) is 1. The van der Waals surface area contributed by atoms with E-state index in [1.54, 1.807) is 0 Å². The van der Waals surface area contributed by atoms with Crippen molar-refractivity contribution in [1.29, 1.82) is 0 Å². The summed E-state index contributed by atoms with van der Waals surface area (Å²) in [5, 5.41) is 2.84. The molecule has 0 aromatic carbocycles. The molecular weight excluding hydrogens is 374 g/mol. The second-order valence-corrected chi connectivity index (χ2v) is 9.98. The zero-order valence-corrected chi connectivity index (χ0v) is 21.4. The molecular formula is C25H53N3O2. The first-order chi connectivity index (χ1) is 14.3. The minimum atomic E-state index is 0.173. The summed E-state index contributed by atoms with van der Waals surface area (Å²) in [4.78, 5) is 15.9. The van der Waals surface area contributed by atoms with Crippen LogP contribution in [0.15, 0.2) is 0 Å². The van der Waals surface area contributed by atoms with E-state index in [1.807, 2.05) is 7.11 Å². The summed E-state index contributed by atoms with van der Waals surface area (Å²) < 4.78 is 5.34. The van der Waals surface area contributed by atoms with Crippen LogP contribution in [0.5, 0.6) is 0 Å². The van der Waals surface area contributed by atoms with E-state index in [0.29, 0.717) is 18.1 Å². The van der Waals surface area contributed by atoms with Crippen molar-refractivity contribution in [2.75, 3.05) is 52.9 Å². The Bertz CT molecular complexity index is 399. The number of piperazine rings is 1. The second-order valence-electron chi connectivity index (χ2n) is 9.98. The van der Waals surface area contributed by atoms with E-state index in [2.05, 4.69) is 56.7 Å². The lowest BCUT2D eigenvalue weighted by molar-refractivity contribution is -0.124. The number of hydrogen-bond acceptors (Lipinski definition) is 4. The van der Waals surface area contributed by atoms with Crippen LogP contribution in [0.4, 0.5) is 0 Å². The van der Waals surface area contributed by atoms with Crippen LogP contribution in [0, 0.1) is 5.41 Å². The van der Waals surface area contributed by atoms with Gasteiger partial charge in [-0.3, -0.25) is 9.69 Å². The monoisotopic (exact) mass is 427 g/mol. The highest BCUT2D eigenvalue weighted by Crippen LogP contribution is 2.20. The SMILES string of the molecule is CC(C)(C)CCCN1CCNC(=O)C1.CCC.CCCCCN1CCC(OC)CC1. The topological polar surface area (TPSA) is 44.8 Å². The summed E-state index contributed by atoms with van der Waals surface area (Å²) in [6, 6.07) is 0. The van der Waals surface area contributed by atoms with Gasteiger partial charge in [-0.2, -0.15) is 0 Å². The normalized spacial score (nSPS) is 18.7. The largest absolute Gasteiger partial charge is 0.381 e. The van der Waals surface area contributed by atoms with Crippen LogP contribution >= 0.6 is 0 Å². The molecule has 0 spiro atoms. The van der Waals surface area contributed by atoms with Crippen molar-refractivity contribution in [2.24, 2.45) is 5.41 Å². The van der Waals surface area contributed by atoms with E-state index >= 15 is 0 Å². The van der Waals surface area contributed by atoms with Gasteiger partial charge >= 0.3 is 0 Å². The van der Waals surface area contributed by atoms with Gasteiger partial charge in [0.05, 0.1) is 12.6 Å². The zero-order valence-electron chi connectivity index (χ0n) is 21.4. The van der Waals surface area contributed by atoms with Gasteiger partial charge in [-0.1, -0.05) is 60.8 Å². The van der Waals surface area contributed by atoms with Gasteiger partial charge in [0.25, 0.3) is 0 Å². The fraction of sp³-hybridized carbons (Fsp3) is 0.960. The molecule has 1 amide bonds. The molecule has 30 heavy (non-hydrogen) atoms. The molecule has 0 aromatic heterocycles. The summed E-state index contributed by atoms with van der Waals surface area (Å²) in [6.07, 6.45) is 10.7. The van der Waals surface area contributed by atoms with Crippen LogP contribution < -0.4 is 5.32 Å². The molecule has 2 saturated heterocycles. The summed E-state index contributed by atoms with van der Waals surface area (Å²) >= 11 is 0. The number of rotatable bonds is 8. The van der Waals surface area contributed by atoms with Gasteiger partial charge in [-0.15, -0.1) is 0 Å². The summed E-state index contributed by atoms with van der Waals surface area (Å²) in [5.41, 5.74) is 0.415. The van der Waals surface area contributed by atoms with E-state index in [-0.39, 0.29) is 5.91 Å². The predicted octanol–water partition coefficient (Wildman–Crippen LogP) is 4.95. The Morgan fingerprint density at radius 1 is 0.967 bits per heavy atom. The number of ether oxygens (including phenoxy) is 1. The van der Waals surface area contributed by atoms with Crippen molar-refractivity contribution in [3.8, 4) is 0 Å². The third kappa shape index (κ3) is 17.1. The number of piperidine rings is 1. The molecule has 2 aliphatic rings. The number of methoxy groups -OCH3 is 1. The standard InChI is InChI=1S/C11H22N2O.C11H23NO.C3H8/c1-11(2,3)5-4-7-13-8-6-12-10(14)9-13;1-3-4-5-8-12-9-6-11(13-2)7-10-12;1-3-2/h4-9H2,1-3H3,(H,12,14);11H,3-10H2,1-2H3;3H2,1-2H3. The molecule has 2 rings (SSSR count). The second kappa shape index (κ2) is 18.0. The van der Waals surface area contributed by atoms with E-state index in [9.17, 15) is 4.79 Å². The first-order valence-electron chi connectivity index (χ1n) is 12.5. The number of unbranched alkanes of at least 4 members (excludes halogenated alkanes) is 2. The van der Waals surface area contributed by atoms with Crippen molar-refractivity contribution >= 4 is 5.91 Å². The molecule has 0 atom stereocenters. The van der Waals surface area contributed by atoms with Crippen LogP contribution in [-0.2, 0) is 9.53 Å². The van der Waals surface area contributed by atoms with Gasteiger partial charge in [0, 0.05) is 33.3 Å². The fourth-order valence-corrected chi connectivity index (χ4v) is 3.67. The lowest BCUT2D eigenvalue weighted by atomic mass is 9.90. The number of nitrogens with one attached hydrogen (secondary N) is 1. The third-order valence-corrected chi connectivity index (χ3v) is 5.46. The average Bonchev–Trinajstić information content (AvgIpc) is 2.69. The van der Waals surface area contributed by atoms with Crippen LogP contribution in [0.1, 0.15) is 92.9 Å². The van der Waals surface area contributed by atoms with E-state index in [1.165, 1.54) is 71.0 Å². The first kappa shape index (κ1) is 29.4. The third-order valence-electron chi connectivity index (χ3n) is 5.46. The van der Waals surface area contributed by atoms with E-state index in [4.69, 9.17) is 4.74 Å². The Balaban J connectivity index is 0.000000497. The van der Waals surface area contributed by atoms with Crippen LogP contribution in [-0.4, -0.2) is 74.7 Å². The highest BCUT2D eigenvalue weighted by Gasteiger charge is 2.18. The number of amides is 1. The summed E-state index contributed by atoms with van der Waals surface area (Å²) in [5.74, 6) is 0.173. The molecule has 2 heterocycles. The lowest BCUT2D eigenvalue weighted by Gasteiger charge is -2.31. The quantitative estimate of drug-likeness (QED) is 0.557. The summed E-state index contributed by atoms with van der Waals surface area (Å²) in [7, 11) is 1.83. The summed E-state index contributed by atoms with van der Waals surface area (Å²) in [6.45, 7) is 20.5. The number of likely N-dealkylation sites (tertiary alicyclic amines) is 1. The smallest absolute Gasteiger partial charge is 0.234 e. The Kier molecular flexibility index (Phi) is 17.6. The molecule has 2 aliphatic heterocycles. The molecule has 0 bridgehead atoms. The van der Waals surface area contributed by atoms with Gasteiger partial charge in [-0.25, -0.2) is 0 Å². The maximum Gasteiger partial charge on any atom is 0.234 e. The molecule has 0 aliphatic carbocycles. The number of nitrogens with zero attached hydrogens (tertiary/aromatic N) is 2. The number of carbonyl (C=O) groups excluding carboxylic acids is 1. The minimum Gasteiger partial charge on any atom is -0.381 e. The van der Waals surface area contributed by atoms with Crippen molar-refractivity contribution in [3.05, 3.63) is 0 Å². The first-order valence-corrected chi connectivity index (χ1v) is 12.5. The fourth-order valence-electron chi connectivity index (χ4n) is 3.67. The van der Waals surface area contributed by atoms with Crippen molar-refractivity contribution in [1.82, 2.24) is 15.1 Å². The minimum absolute atomic E-state index is 0.173. The Morgan fingerprint density at radius 3 is 2.07 bits per heavy atom. The molecule has 5 heteroatoms. The van der Waals surface area contributed by atoms with E-state index < -0.39 is 0 Å². The maximum absolute atomic E-state index is 11.1. The molecule has 0 radical (unpaired) electrons. The zero-order chi connectivity index (χ0) is 22.8. The predicted molar refractivity (Wildman–Crippen MR) is 130 cm³/mol. The van der Waals surface area contributed by atoms with Crippen LogP contribution in [0.2, 0.25) is 0 Å². The van der Waals surface area contributed by atoms with Gasteiger partial charge in [-0.05, 0) is 50.6 Å². The Morgan fingerprint density at radius 2 is 1.57 bits per heavy atom. The Labute approximate surface area is 188 Å². The van der Waals surface area contributed by atoms with Gasteiger partial charge < -0.3 is 15.0 Å². The average molecular weight is 428 g/mol. The molecule has 0 aromatic rings. The molecule has 1 N–H and O–H groups in total. The van der Waals surface area contributed by atoms with Crippen molar-refractivity contribution < 1.29 is 9.53 Å². The molecule has 2 fully saturated rings. The van der Waals surface area contributed by atoms with Crippen LogP contribution in [0.25, 0.3) is 0 Å². The lowest BCUT2D eigenvalue weighted by Crippen LogP contribution is -2.47. The Hall–Kier alpha value is -0.650. The van der Waals surface area contributed by atoms with E-state index in [0.717, 1.165) is 19.6 Å². The van der Waals surface area contributed by atoms with Gasteiger partial charge in [0.2, 0.25) is 5.91 Å². The molecule has 0 saturated carbocycles.